The number of piperazine rings is 1. The van der Waals surface area contributed by atoms with E-state index in [-0.39, 0.29) is 41.7 Å². The lowest BCUT2D eigenvalue weighted by molar-refractivity contribution is -0.384. The lowest BCUT2D eigenvalue weighted by Gasteiger charge is -2.48. The third kappa shape index (κ3) is 4.85. The van der Waals surface area contributed by atoms with E-state index < -0.39 is 16.9 Å². The zero-order chi connectivity index (χ0) is 24.2. The fraction of sp³-hybridized carbons (Fsp3) is 0.375. The van der Waals surface area contributed by atoms with Crippen LogP contribution < -0.4 is 15.4 Å². The molecular weight excluding hydrogens is 440 g/mol. The first-order valence-electron chi connectivity index (χ1n) is 11.2. The number of nitrogens with one attached hydrogen (secondary N) is 2. The number of carbonyl (C=O) groups is 3. The molecule has 1 saturated carbocycles. The van der Waals surface area contributed by atoms with Crippen molar-refractivity contribution in [3.63, 3.8) is 0 Å². The van der Waals surface area contributed by atoms with E-state index in [0.717, 1.165) is 25.7 Å². The van der Waals surface area contributed by atoms with Crippen molar-refractivity contribution in [1.29, 1.82) is 0 Å². The molecule has 1 saturated heterocycles. The number of nitro groups is 1. The molecule has 3 amide bonds. The molecule has 0 spiro atoms. The maximum atomic E-state index is 13.6. The molecule has 2 aliphatic rings. The number of non-ortho nitro benzene ring substituents is 1. The van der Waals surface area contributed by atoms with Crippen LogP contribution in [0.5, 0.6) is 5.75 Å². The molecule has 1 aliphatic heterocycles. The smallest absolute Gasteiger partial charge is 0.271 e. The van der Waals surface area contributed by atoms with Gasteiger partial charge in [-0.3, -0.25) is 24.5 Å². The fourth-order valence-electron chi connectivity index (χ4n) is 4.70. The van der Waals surface area contributed by atoms with Crippen LogP contribution in [0, 0.1) is 10.1 Å². The number of nitrogens with zero attached hydrogens (tertiary/aromatic N) is 2. The molecule has 1 aliphatic carbocycles. The predicted octanol–water partition coefficient (Wildman–Crippen LogP) is 2.88. The second-order valence-electron chi connectivity index (χ2n) is 8.48. The van der Waals surface area contributed by atoms with Crippen LogP contribution in [0.3, 0.4) is 0 Å². The Bertz CT molecular complexity index is 1100. The molecule has 0 aromatic heterocycles. The lowest BCUT2D eigenvalue weighted by atomic mass is 9.84. The van der Waals surface area contributed by atoms with Crippen molar-refractivity contribution in [2.75, 3.05) is 12.4 Å². The number of nitro benzene ring substituents is 1. The summed E-state index contributed by atoms with van der Waals surface area (Å²) >= 11 is 0. The molecule has 2 N–H and O–H groups in total. The Morgan fingerprint density at radius 3 is 2.62 bits per heavy atom. The SMILES string of the molecule is COc1ccc(C(=O)N2[C@H](CC(=O)Nc3cccc([N+](=O)[O-])c3)C(=O)N[C@H]3CCCC[C@@H]32)cc1. The number of anilines is 1. The molecule has 178 valence electrons. The monoisotopic (exact) mass is 466 g/mol. The van der Waals surface area contributed by atoms with Gasteiger partial charge < -0.3 is 20.3 Å². The van der Waals surface area contributed by atoms with E-state index >= 15 is 0 Å². The summed E-state index contributed by atoms with van der Waals surface area (Å²) < 4.78 is 5.17. The quantitative estimate of drug-likeness (QED) is 0.497. The Labute approximate surface area is 196 Å². The summed E-state index contributed by atoms with van der Waals surface area (Å²) in [5.74, 6) is -0.597. The standard InChI is InChI=1S/C24H26N4O6/c1-34-18-11-9-15(10-12-18)24(31)27-20-8-3-2-7-19(20)26-23(30)21(27)14-22(29)25-16-5-4-6-17(13-16)28(32)33/h4-6,9-13,19-21H,2-3,7-8,14H2,1H3,(H,25,29)(H,26,30)/t19-,20-,21+/m0/s1. The average molecular weight is 466 g/mol. The molecule has 0 radical (unpaired) electrons. The van der Waals surface area contributed by atoms with Crippen molar-refractivity contribution in [3.8, 4) is 5.75 Å². The van der Waals surface area contributed by atoms with Gasteiger partial charge in [-0.25, -0.2) is 0 Å². The normalized spacial score (nSPS) is 21.7. The highest BCUT2D eigenvalue weighted by Gasteiger charge is 2.46. The number of rotatable bonds is 6. The van der Waals surface area contributed by atoms with E-state index in [2.05, 4.69) is 10.6 Å². The summed E-state index contributed by atoms with van der Waals surface area (Å²) in [7, 11) is 1.54. The highest BCUT2D eigenvalue weighted by atomic mass is 16.6. The summed E-state index contributed by atoms with van der Waals surface area (Å²) in [4.78, 5) is 51.5. The minimum Gasteiger partial charge on any atom is -0.497 e. The van der Waals surface area contributed by atoms with Crippen LogP contribution in [0.25, 0.3) is 0 Å². The summed E-state index contributed by atoms with van der Waals surface area (Å²) in [5, 5.41) is 16.6. The number of hydrogen-bond acceptors (Lipinski definition) is 6. The third-order valence-electron chi connectivity index (χ3n) is 6.34. The number of amides is 3. The Hall–Kier alpha value is -3.95. The molecule has 0 bridgehead atoms. The van der Waals surface area contributed by atoms with E-state index in [1.807, 2.05) is 0 Å². The topological polar surface area (TPSA) is 131 Å². The minimum absolute atomic E-state index is 0.153. The molecule has 10 heteroatoms. The molecule has 2 aromatic rings. The summed E-state index contributed by atoms with van der Waals surface area (Å²) in [6.45, 7) is 0. The Balaban J connectivity index is 1.58. The first-order chi connectivity index (χ1) is 16.4. The maximum Gasteiger partial charge on any atom is 0.271 e. The van der Waals surface area contributed by atoms with Crippen molar-refractivity contribution in [2.24, 2.45) is 0 Å². The highest BCUT2D eigenvalue weighted by Crippen LogP contribution is 2.31. The van der Waals surface area contributed by atoms with Gasteiger partial charge in [0.1, 0.15) is 11.8 Å². The summed E-state index contributed by atoms with van der Waals surface area (Å²) in [5.41, 5.74) is 0.498. The summed E-state index contributed by atoms with van der Waals surface area (Å²) in [6.07, 6.45) is 3.13. The molecule has 0 unspecified atom stereocenters. The molecule has 4 rings (SSSR count). The van der Waals surface area contributed by atoms with Gasteiger partial charge in [0, 0.05) is 29.4 Å². The van der Waals surface area contributed by atoms with Gasteiger partial charge in [-0.05, 0) is 43.2 Å². The number of fused-ring (bicyclic) bond motifs is 1. The van der Waals surface area contributed by atoms with E-state index in [9.17, 15) is 24.5 Å². The van der Waals surface area contributed by atoms with E-state index in [1.165, 1.54) is 31.4 Å². The number of hydrogen-bond donors (Lipinski definition) is 2. The molecule has 2 fully saturated rings. The third-order valence-corrected chi connectivity index (χ3v) is 6.34. The number of methoxy groups -OCH3 is 1. The van der Waals surface area contributed by atoms with Gasteiger partial charge in [-0.2, -0.15) is 0 Å². The van der Waals surface area contributed by atoms with Crippen molar-refractivity contribution in [2.45, 2.75) is 50.2 Å². The van der Waals surface area contributed by atoms with Gasteiger partial charge in [-0.15, -0.1) is 0 Å². The molecular formula is C24H26N4O6. The van der Waals surface area contributed by atoms with E-state index in [4.69, 9.17) is 4.74 Å². The first kappa shape index (κ1) is 23.2. The van der Waals surface area contributed by atoms with Crippen molar-refractivity contribution in [3.05, 3.63) is 64.2 Å². The summed E-state index contributed by atoms with van der Waals surface area (Å²) in [6, 6.07) is 10.9. The largest absolute Gasteiger partial charge is 0.497 e. The van der Waals surface area contributed by atoms with Crippen molar-refractivity contribution < 1.29 is 24.0 Å². The Kier molecular flexibility index (Phi) is 6.76. The van der Waals surface area contributed by atoms with Gasteiger partial charge in [0.15, 0.2) is 0 Å². The van der Waals surface area contributed by atoms with E-state index in [0.29, 0.717) is 11.3 Å². The second kappa shape index (κ2) is 9.90. The van der Waals surface area contributed by atoms with E-state index in [1.54, 1.807) is 29.2 Å². The van der Waals surface area contributed by atoms with Gasteiger partial charge in [0.25, 0.3) is 11.6 Å². The fourth-order valence-corrected chi connectivity index (χ4v) is 4.70. The minimum atomic E-state index is -0.993. The van der Waals surface area contributed by atoms with Crippen LogP contribution in [0.1, 0.15) is 42.5 Å². The average Bonchev–Trinajstić information content (AvgIpc) is 2.84. The van der Waals surface area contributed by atoms with Crippen LogP contribution >= 0.6 is 0 Å². The number of ether oxygens (including phenoxy) is 1. The van der Waals surface area contributed by atoms with Gasteiger partial charge in [0.05, 0.1) is 24.5 Å². The number of benzene rings is 2. The lowest BCUT2D eigenvalue weighted by Crippen LogP contribution is -2.68. The van der Waals surface area contributed by atoms with Crippen LogP contribution in [-0.2, 0) is 9.59 Å². The molecule has 1 heterocycles. The first-order valence-corrected chi connectivity index (χ1v) is 11.2. The van der Waals surface area contributed by atoms with Crippen LogP contribution in [0.2, 0.25) is 0 Å². The zero-order valence-corrected chi connectivity index (χ0v) is 18.7. The van der Waals surface area contributed by atoms with Crippen molar-refractivity contribution >= 4 is 29.1 Å². The van der Waals surface area contributed by atoms with Crippen LogP contribution in [0.4, 0.5) is 11.4 Å². The van der Waals surface area contributed by atoms with Gasteiger partial charge in [0.2, 0.25) is 11.8 Å². The maximum absolute atomic E-state index is 13.6. The highest BCUT2D eigenvalue weighted by molar-refractivity contribution is 6.01. The molecule has 3 atom stereocenters. The number of carbonyl (C=O) groups excluding carboxylic acids is 3. The second-order valence-corrected chi connectivity index (χ2v) is 8.48. The Morgan fingerprint density at radius 1 is 1.18 bits per heavy atom. The van der Waals surface area contributed by atoms with Gasteiger partial charge in [-0.1, -0.05) is 18.9 Å². The predicted molar refractivity (Wildman–Crippen MR) is 123 cm³/mol. The van der Waals surface area contributed by atoms with Crippen LogP contribution in [0.15, 0.2) is 48.5 Å². The van der Waals surface area contributed by atoms with Crippen LogP contribution in [-0.4, -0.2) is 52.8 Å². The van der Waals surface area contributed by atoms with Crippen molar-refractivity contribution in [1.82, 2.24) is 10.2 Å². The molecule has 2 aromatic carbocycles. The Morgan fingerprint density at radius 2 is 1.91 bits per heavy atom. The van der Waals surface area contributed by atoms with Gasteiger partial charge >= 0.3 is 0 Å². The zero-order valence-electron chi connectivity index (χ0n) is 18.7. The molecule has 10 nitrogen and oxygen atoms in total. The molecule has 34 heavy (non-hydrogen) atoms.